The summed E-state index contributed by atoms with van der Waals surface area (Å²) in [5, 5.41) is 0. The lowest BCUT2D eigenvalue weighted by Gasteiger charge is -2.41. The minimum absolute atomic E-state index is 0.536. The number of hydrogen-bond donors (Lipinski definition) is 0. The number of benzene rings is 6. The molecule has 0 N–H and O–H groups in total. The van der Waals surface area contributed by atoms with Crippen molar-refractivity contribution in [2.45, 2.75) is 5.41 Å². The second kappa shape index (κ2) is 10.5. The highest BCUT2D eigenvalue weighted by atomic mass is 15.1. The van der Waals surface area contributed by atoms with Crippen LogP contribution >= 0.6 is 0 Å². The third kappa shape index (κ3) is 3.82. The molecule has 8 aromatic rings. The first kappa shape index (κ1) is 26.2. The van der Waals surface area contributed by atoms with Gasteiger partial charge >= 0.3 is 0 Å². The van der Waals surface area contributed by atoms with Crippen molar-refractivity contribution >= 4 is 11.0 Å². The van der Waals surface area contributed by atoms with E-state index >= 15 is 0 Å². The number of nitrogens with zero attached hydrogens (tertiary/aromatic N) is 5. The van der Waals surface area contributed by atoms with Gasteiger partial charge in [0.25, 0.3) is 0 Å². The molecular weight excluding hydrogens is 562 g/mol. The fourth-order valence-electron chi connectivity index (χ4n) is 7.28. The zero-order chi connectivity index (χ0) is 30.5. The molecule has 6 aromatic carbocycles. The standard InChI is InChI=1S/C41H27N5/c1-4-13-28(14-5-1)32-19-10-11-20-33(32)29-23-24-37-35(25-29)41(30-15-6-2-7-16-30,31-17-8-3-9-18-31)34-21-12-22-36-38(34)46(37)40(45-36)39-43-26-42-27-44-39/h1-27H. The third-order valence-corrected chi connectivity index (χ3v) is 9.15. The number of aromatic nitrogens is 5. The maximum absolute atomic E-state index is 5.15. The van der Waals surface area contributed by atoms with Crippen LogP contribution in [0.1, 0.15) is 22.3 Å². The molecule has 3 heterocycles. The van der Waals surface area contributed by atoms with Crippen molar-refractivity contribution < 1.29 is 0 Å². The Morgan fingerprint density at radius 1 is 0.500 bits per heavy atom. The van der Waals surface area contributed by atoms with Crippen molar-refractivity contribution in [2.24, 2.45) is 0 Å². The molecule has 1 aliphatic heterocycles. The molecule has 0 saturated heterocycles. The second-order valence-electron chi connectivity index (χ2n) is 11.5. The first-order valence-electron chi connectivity index (χ1n) is 15.4. The first-order valence-corrected chi connectivity index (χ1v) is 15.4. The van der Waals surface area contributed by atoms with E-state index in [2.05, 4.69) is 171 Å². The maximum atomic E-state index is 5.15. The minimum atomic E-state index is -0.624. The molecule has 1 aliphatic rings. The summed E-state index contributed by atoms with van der Waals surface area (Å²) in [6, 6.07) is 54.3. The summed E-state index contributed by atoms with van der Waals surface area (Å²) < 4.78 is 2.24. The Morgan fingerprint density at radius 2 is 1.11 bits per heavy atom. The molecule has 0 spiro atoms. The first-order chi connectivity index (χ1) is 22.8. The van der Waals surface area contributed by atoms with E-state index in [-0.39, 0.29) is 0 Å². The van der Waals surface area contributed by atoms with Crippen LogP contribution in [0.25, 0.3) is 50.6 Å². The van der Waals surface area contributed by atoms with Crippen LogP contribution in [0.5, 0.6) is 0 Å². The van der Waals surface area contributed by atoms with Crippen molar-refractivity contribution in [2.75, 3.05) is 0 Å². The van der Waals surface area contributed by atoms with Crippen LogP contribution in [-0.4, -0.2) is 24.5 Å². The molecule has 5 heteroatoms. The molecule has 0 unspecified atom stereocenters. The van der Waals surface area contributed by atoms with Crippen LogP contribution in [0.3, 0.4) is 0 Å². The Balaban J connectivity index is 1.44. The van der Waals surface area contributed by atoms with Crippen LogP contribution < -0.4 is 0 Å². The van der Waals surface area contributed by atoms with E-state index in [1.807, 2.05) is 0 Å². The normalized spacial score (nSPS) is 13.0. The van der Waals surface area contributed by atoms with Gasteiger partial charge in [-0.15, -0.1) is 0 Å². The molecule has 46 heavy (non-hydrogen) atoms. The van der Waals surface area contributed by atoms with Crippen LogP contribution in [0, 0.1) is 0 Å². The van der Waals surface area contributed by atoms with Crippen molar-refractivity contribution in [3.63, 3.8) is 0 Å². The largest absolute Gasteiger partial charge is 0.289 e. The second-order valence-corrected chi connectivity index (χ2v) is 11.5. The predicted octanol–water partition coefficient (Wildman–Crippen LogP) is 8.91. The summed E-state index contributed by atoms with van der Waals surface area (Å²) in [7, 11) is 0. The van der Waals surface area contributed by atoms with Gasteiger partial charge in [0, 0.05) is 0 Å². The fraction of sp³-hybridized carbons (Fsp3) is 0.0244. The van der Waals surface area contributed by atoms with E-state index in [1.54, 1.807) is 0 Å². The summed E-state index contributed by atoms with van der Waals surface area (Å²) in [5.74, 6) is 1.23. The summed E-state index contributed by atoms with van der Waals surface area (Å²) in [6.45, 7) is 0. The van der Waals surface area contributed by atoms with Gasteiger partial charge in [0.2, 0.25) is 0 Å². The Bertz CT molecular complexity index is 2310. The molecule has 0 amide bonds. The average Bonchev–Trinajstić information content (AvgIpc) is 3.54. The van der Waals surface area contributed by atoms with Gasteiger partial charge in [-0.25, -0.2) is 19.9 Å². The fourth-order valence-corrected chi connectivity index (χ4v) is 7.28. The van der Waals surface area contributed by atoms with Crippen molar-refractivity contribution in [3.8, 4) is 39.6 Å². The zero-order valence-corrected chi connectivity index (χ0v) is 24.8. The Labute approximate surface area is 266 Å². The van der Waals surface area contributed by atoms with Gasteiger partial charge in [-0.3, -0.25) is 4.57 Å². The Hall–Kier alpha value is -6.20. The number of fused-ring (bicyclic) bond motifs is 2. The van der Waals surface area contributed by atoms with Crippen LogP contribution in [0.4, 0.5) is 0 Å². The highest BCUT2D eigenvalue weighted by molar-refractivity contribution is 5.93. The monoisotopic (exact) mass is 589 g/mol. The van der Waals surface area contributed by atoms with Gasteiger partial charge in [-0.2, -0.15) is 0 Å². The molecule has 5 nitrogen and oxygen atoms in total. The molecule has 2 aromatic heterocycles. The van der Waals surface area contributed by atoms with Crippen LogP contribution in [0.15, 0.2) is 164 Å². The molecule has 0 radical (unpaired) electrons. The summed E-state index contributed by atoms with van der Waals surface area (Å²) in [4.78, 5) is 18.3. The predicted molar refractivity (Wildman–Crippen MR) is 183 cm³/mol. The molecule has 9 rings (SSSR count). The van der Waals surface area contributed by atoms with E-state index < -0.39 is 5.41 Å². The minimum Gasteiger partial charge on any atom is -0.289 e. The van der Waals surface area contributed by atoms with E-state index in [9.17, 15) is 0 Å². The molecule has 0 aliphatic carbocycles. The van der Waals surface area contributed by atoms with Crippen molar-refractivity contribution in [3.05, 3.63) is 187 Å². The Morgan fingerprint density at radius 3 is 1.78 bits per heavy atom. The molecule has 216 valence electrons. The molecule has 0 atom stereocenters. The lowest BCUT2D eigenvalue weighted by Crippen LogP contribution is -2.35. The lowest BCUT2D eigenvalue weighted by molar-refractivity contribution is 0.725. The van der Waals surface area contributed by atoms with E-state index in [1.165, 1.54) is 46.0 Å². The highest BCUT2D eigenvalue weighted by Gasteiger charge is 2.46. The molecule has 0 fully saturated rings. The zero-order valence-electron chi connectivity index (χ0n) is 24.8. The summed E-state index contributed by atoms with van der Waals surface area (Å²) in [5.41, 5.74) is 11.8. The SMILES string of the molecule is c1ccc(-c2ccccc2-c2ccc3c(c2)C(c2ccccc2)(c2ccccc2)c2cccc4nc(-c5ncncn5)n-3c24)cc1. The van der Waals surface area contributed by atoms with E-state index in [4.69, 9.17) is 4.98 Å². The van der Waals surface area contributed by atoms with Gasteiger partial charge in [0.05, 0.1) is 22.1 Å². The van der Waals surface area contributed by atoms with E-state index in [0.717, 1.165) is 27.8 Å². The molecular formula is C41H27N5. The number of hydrogen-bond acceptors (Lipinski definition) is 4. The van der Waals surface area contributed by atoms with Crippen LogP contribution in [-0.2, 0) is 5.41 Å². The number of para-hydroxylation sites is 1. The average molecular weight is 590 g/mol. The van der Waals surface area contributed by atoms with Gasteiger partial charge in [-0.1, -0.05) is 133 Å². The Kier molecular flexibility index (Phi) is 5.96. The van der Waals surface area contributed by atoms with E-state index in [0.29, 0.717) is 11.6 Å². The van der Waals surface area contributed by atoms with Gasteiger partial charge in [-0.05, 0) is 62.7 Å². The quantitative estimate of drug-likeness (QED) is 0.201. The van der Waals surface area contributed by atoms with Gasteiger partial charge in [0.15, 0.2) is 11.6 Å². The topological polar surface area (TPSA) is 56.5 Å². The lowest BCUT2D eigenvalue weighted by atomic mass is 9.63. The molecule has 0 saturated carbocycles. The third-order valence-electron chi connectivity index (χ3n) is 9.15. The smallest absolute Gasteiger partial charge is 0.199 e. The number of rotatable bonds is 5. The number of imidazole rings is 1. The van der Waals surface area contributed by atoms with Crippen molar-refractivity contribution in [1.82, 2.24) is 24.5 Å². The van der Waals surface area contributed by atoms with Crippen molar-refractivity contribution in [1.29, 1.82) is 0 Å². The van der Waals surface area contributed by atoms with Gasteiger partial charge in [0.1, 0.15) is 12.7 Å². The summed E-state index contributed by atoms with van der Waals surface area (Å²) in [6.07, 6.45) is 3.06. The summed E-state index contributed by atoms with van der Waals surface area (Å²) >= 11 is 0. The maximum Gasteiger partial charge on any atom is 0.199 e. The molecule has 0 bridgehead atoms. The van der Waals surface area contributed by atoms with Crippen LogP contribution in [0.2, 0.25) is 0 Å². The van der Waals surface area contributed by atoms with Gasteiger partial charge < -0.3 is 0 Å². The highest BCUT2D eigenvalue weighted by Crippen LogP contribution is 2.54.